The molecule has 4 aromatic rings. The lowest BCUT2D eigenvalue weighted by atomic mass is 9.93. The van der Waals surface area contributed by atoms with Crippen molar-refractivity contribution in [1.82, 2.24) is 20.1 Å². The molecule has 5 rings (SSSR count). The number of aryl methyl sites for hydroxylation is 1. The highest BCUT2D eigenvalue weighted by molar-refractivity contribution is 9.10. The Morgan fingerprint density at radius 2 is 1.97 bits per heavy atom. The number of aromatic amines is 1. The smallest absolute Gasteiger partial charge is 0.123 e. The molecule has 0 spiro atoms. The predicted octanol–water partition coefficient (Wildman–Crippen LogP) is 5.04. The molecule has 0 amide bonds. The molecule has 1 unspecified atom stereocenters. The summed E-state index contributed by atoms with van der Waals surface area (Å²) < 4.78 is 14.2. The van der Waals surface area contributed by atoms with E-state index >= 15 is 0 Å². The molecule has 6 nitrogen and oxygen atoms in total. The highest BCUT2D eigenvalue weighted by atomic mass is 79.9. The van der Waals surface area contributed by atoms with Crippen molar-refractivity contribution in [3.63, 3.8) is 0 Å². The van der Waals surface area contributed by atoms with Gasteiger partial charge in [-0.15, -0.1) is 0 Å². The minimum Gasteiger partial charge on any atom is -0.497 e. The molecule has 3 heterocycles. The van der Waals surface area contributed by atoms with Crippen LogP contribution in [0.25, 0.3) is 10.9 Å². The normalized spacial score (nSPS) is 15.7. The summed E-state index contributed by atoms with van der Waals surface area (Å²) in [5.41, 5.74) is 8.15. The predicted molar refractivity (Wildman–Crippen MR) is 130 cm³/mol. The van der Waals surface area contributed by atoms with E-state index in [4.69, 9.17) is 9.47 Å². The SMILES string of the molecule is COc1ccc2[nH]c3c(c2c1)CCNC3c1ccc(OC)c(Cn2nc(C)c(Br)c2C)c1. The Labute approximate surface area is 196 Å². The maximum atomic E-state index is 5.68. The first-order chi connectivity index (χ1) is 15.5. The lowest BCUT2D eigenvalue weighted by Crippen LogP contribution is -2.30. The second-order valence-electron chi connectivity index (χ2n) is 8.28. The number of halogens is 1. The van der Waals surface area contributed by atoms with Crippen LogP contribution in [-0.2, 0) is 13.0 Å². The van der Waals surface area contributed by atoms with Crippen molar-refractivity contribution in [3.8, 4) is 11.5 Å². The summed E-state index contributed by atoms with van der Waals surface area (Å²) in [5.74, 6) is 1.76. The van der Waals surface area contributed by atoms with Crippen LogP contribution in [0.1, 0.15) is 39.8 Å². The Morgan fingerprint density at radius 1 is 1.12 bits per heavy atom. The van der Waals surface area contributed by atoms with Gasteiger partial charge in [-0.1, -0.05) is 6.07 Å². The Kier molecular flexibility index (Phi) is 5.47. The largest absolute Gasteiger partial charge is 0.497 e. The van der Waals surface area contributed by atoms with E-state index < -0.39 is 0 Å². The maximum Gasteiger partial charge on any atom is 0.123 e. The number of ether oxygens (including phenoxy) is 2. The molecule has 1 aliphatic heterocycles. The second kappa shape index (κ2) is 8.30. The first-order valence-corrected chi connectivity index (χ1v) is 11.6. The Hall–Kier alpha value is -2.77. The summed E-state index contributed by atoms with van der Waals surface area (Å²) in [6.45, 7) is 5.67. The second-order valence-corrected chi connectivity index (χ2v) is 9.07. The molecule has 1 aliphatic rings. The molecule has 0 fully saturated rings. The van der Waals surface area contributed by atoms with Gasteiger partial charge in [-0.2, -0.15) is 5.10 Å². The Morgan fingerprint density at radius 3 is 2.69 bits per heavy atom. The fraction of sp³-hybridized carbons (Fsp3) is 0.320. The Balaban J connectivity index is 1.56. The van der Waals surface area contributed by atoms with Gasteiger partial charge in [0.05, 0.1) is 42.7 Å². The molecule has 0 bridgehead atoms. The summed E-state index contributed by atoms with van der Waals surface area (Å²) in [6.07, 6.45) is 0.988. The monoisotopic (exact) mass is 494 g/mol. The number of hydrogen-bond acceptors (Lipinski definition) is 4. The van der Waals surface area contributed by atoms with Crippen molar-refractivity contribution < 1.29 is 9.47 Å². The van der Waals surface area contributed by atoms with Crippen LogP contribution in [-0.4, -0.2) is 35.5 Å². The van der Waals surface area contributed by atoms with Gasteiger partial charge in [0.2, 0.25) is 0 Å². The molecule has 2 aromatic carbocycles. The van der Waals surface area contributed by atoms with Gasteiger partial charge in [-0.25, -0.2) is 0 Å². The quantitative estimate of drug-likeness (QED) is 0.407. The number of hydrogen-bond donors (Lipinski definition) is 2. The van der Waals surface area contributed by atoms with Crippen molar-refractivity contribution in [1.29, 1.82) is 0 Å². The fourth-order valence-corrected chi connectivity index (χ4v) is 4.99. The van der Waals surface area contributed by atoms with Gasteiger partial charge in [0.1, 0.15) is 11.5 Å². The van der Waals surface area contributed by atoms with Crippen LogP contribution >= 0.6 is 15.9 Å². The highest BCUT2D eigenvalue weighted by Crippen LogP contribution is 2.36. The summed E-state index contributed by atoms with van der Waals surface area (Å²) in [7, 11) is 3.43. The van der Waals surface area contributed by atoms with Crippen LogP contribution in [0.15, 0.2) is 40.9 Å². The average molecular weight is 495 g/mol. The van der Waals surface area contributed by atoms with Crippen LogP contribution in [0.2, 0.25) is 0 Å². The fourth-order valence-electron chi connectivity index (χ4n) is 4.71. The summed E-state index contributed by atoms with van der Waals surface area (Å²) in [4.78, 5) is 3.66. The van der Waals surface area contributed by atoms with Crippen LogP contribution in [0.4, 0.5) is 0 Å². The lowest BCUT2D eigenvalue weighted by molar-refractivity contribution is 0.406. The topological polar surface area (TPSA) is 64.1 Å². The standard InChI is InChI=1S/C25H27BrN4O2/c1-14-23(26)15(2)30(29-14)13-17-11-16(5-8-22(17)32-4)24-25-19(9-10-27-24)20-12-18(31-3)6-7-21(20)28-25/h5-8,11-12,24,27-28H,9-10,13H2,1-4H3. The van der Waals surface area contributed by atoms with Gasteiger partial charge in [-0.3, -0.25) is 4.68 Å². The molecule has 32 heavy (non-hydrogen) atoms. The van der Waals surface area contributed by atoms with Crippen molar-refractivity contribution >= 4 is 26.8 Å². The van der Waals surface area contributed by atoms with Gasteiger partial charge in [0, 0.05) is 28.7 Å². The van der Waals surface area contributed by atoms with Crippen molar-refractivity contribution in [2.24, 2.45) is 0 Å². The van der Waals surface area contributed by atoms with E-state index in [0.29, 0.717) is 6.54 Å². The number of methoxy groups -OCH3 is 2. The summed E-state index contributed by atoms with van der Waals surface area (Å²) >= 11 is 3.63. The van der Waals surface area contributed by atoms with Crippen molar-refractivity contribution in [2.45, 2.75) is 32.9 Å². The third kappa shape index (κ3) is 3.49. The molecular formula is C25H27BrN4O2. The van der Waals surface area contributed by atoms with E-state index in [9.17, 15) is 0 Å². The zero-order valence-corrected chi connectivity index (χ0v) is 20.3. The van der Waals surface area contributed by atoms with Crippen molar-refractivity contribution in [3.05, 3.63) is 74.6 Å². The number of benzene rings is 2. The molecule has 0 aliphatic carbocycles. The van der Waals surface area contributed by atoms with E-state index in [0.717, 1.165) is 51.4 Å². The zero-order valence-electron chi connectivity index (χ0n) is 18.8. The number of aromatic nitrogens is 3. The maximum absolute atomic E-state index is 5.68. The van der Waals surface area contributed by atoms with Gasteiger partial charge in [0.15, 0.2) is 0 Å². The van der Waals surface area contributed by atoms with E-state index in [1.54, 1.807) is 14.2 Å². The van der Waals surface area contributed by atoms with E-state index in [1.807, 2.05) is 17.7 Å². The van der Waals surface area contributed by atoms with Gasteiger partial charge < -0.3 is 19.8 Å². The molecule has 0 saturated carbocycles. The summed E-state index contributed by atoms with van der Waals surface area (Å²) in [5, 5.41) is 9.63. The third-order valence-corrected chi connectivity index (χ3v) is 7.56. The average Bonchev–Trinajstić information content (AvgIpc) is 3.30. The molecule has 166 valence electrons. The number of nitrogens with zero attached hydrogens (tertiary/aromatic N) is 2. The van der Waals surface area contributed by atoms with E-state index in [2.05, 4.69) is 68.6 Å². The van der Waals surface area contributed by atoms with Crippen molar-refractivity contribution in [2.75, 3.05) is 20.8 Å². The number of rotatable bonds is 5. The number of nitrogens with one attached hydrogen (secondary N) is 2. The lowest BCUT2D eigenvalue weighted by Gasteiger charge is -2.26. The van der Waals surface area contributed by atoms with Crippen LogP contribution in [0.5, 0.6) is 11.5 Å². The number of fused-ring (bicyclic) bond motifs is 3. The molecule has 0 radical (unpaired) electrons. The van der Waals surface area contributed by atoms with Crippen LogP contribution in [0, 0.1) is 13.8 Å². The van der Waals surface area contributed by atoms with Gasteiger partial charge in [-0.05, 0) is 77.7 Å². The Bertz CT molecular complexity index is 1310. The third-order valence-electron chi connectivity index (χ3n) is 6.41. The van der Waals surface area contributed by atoms with Gasteiger partial charge >= 0.3 is 0 Å². The molecule has 7 heteroatoms. The first kappa shape index (κ1) is 21.1. The molecule has 1 atom stereocenters. The summed E-state index contributed by atoms with van der Waals surface area (Å²) in [6, 6.07) is 12.8. The molecular weight excluding hydrogens is 468 g/mol. The molecule has 0 saturated heterocycles. The minimum atomic E-state index is 0.0917. The minimum absolute atomic E-state index is 0.0917. The van der Waals surface area contributed by atoms with E-state index in [-0.39, 0.29) is 6.04 Å². The van der Waals surface area contributed by atoms with Crippen LogP contribution < -0.4 is 14.8 Å². The number of H-pyrrole nitrogens is 1. The molecule has 2 aromatic heterocycles. The highest BCUT2D eigenvalue weighted by Gasteiger charge is 2.26. The van der Waals surface area contributed by atoms with Gasteiger partial charge in [0.25, 0.3) is 0 Å². The molecule has 2 N–H and O–H groups in total. The zero-order chi connectivity index (χ0) is 22.4. The van der Waals surface area contributed by atoms with E-state index in [1.165, 1.54) is 22.2 Å². The first-order valence-electron chi connectivity index (χ1n) is 10.8. The van der Waals surface area contributed by atoms with Crippen LogP contribution in [0.3, 0.4) is 0 Å².